The Bertz CT molecular complexity index is 687. The van der Waals surface area contributed by atoms with Gasteiger partial charge >= 0.3 is 0 Å². The zero-order valence-corrected chi connectivity index (χ0v) is 13.1. The molecule has 2 rings (SSSR count). The van der Waals surface area contributed by atoms with E-state index in [2.05, 4.69) is 18.3 Å². The zero-order valence-electron chi connectivity index (χ0n) is 12.3. The molecular formula is C18H17ClN2O. The van der Waals surface area contributed by atoms with Crippen molar-refractivity contribution < 1.29 is 4.74 Å². The quantitative estimate of drug-likeness (QED) is 0.754. The van der Waals surface area contributed by atoms with Crippen molar-refractivity contribution >= 4 is 23.4 Å². The van der Waals surface area contributed by atoms with Crippen LogP contribution in [0.5, 0.6) is 5.75 Å². The van der Waals surface area contributed by atoms with Crippen LogP contribution in [0.15, 0.2) is 54.2 Å². The van der Waals surface area contributed by atoms with Crippen molar-refractivity contribution in [1.82, 2.24) is 0 Å². The van der Waals surface area contributed by atoms with Crippen LogP contribution < -0.4 is 10.1 Å². The molecular weight excluding hydrogens is 296 g/mol. The van der Waals surface area contributed by atoms with Crippen LogP contribution >= 0.6 is 11.6 Å². The van der Waals surface area contributed by atoms with E-state index >= 15 is 0 Å². The maximum atomic E-state index is 9.25. The molecule has 0 aromatic heterocycles. The zero-order chi connectivity index (χ0) is 15.8. The molecule has 4 heteroatoms. The lowest BCUT2D eigenvalue weighted by Gasteiger charge is -2.06. The van der Waals surface area contributed by atoms with Gasteiger partial charge in [0.05, 0.1) is 6.61 Å². The van der Waals surface area contributed by atoms with Gasteiger partial charge in [0.1, 0.15) is 17.5 Å². The summed E-state index contributed by atoms with van der Waals surface area (Å²) in [6.07, 6.45) is 2.76. The Morgan fingerprint density at radius 2 is 2.05 bits per heavy atom. The predicted octanol–water partition coefficient (Wildman–Crippen LogP) is 5.11. The Morgan fingerprint density at radius 3 is 2.68 bits per heavy atom. The minimum absolute atomic E-state index is 0.449. The fourth-order valence-electron chi connectivity index (χ4n) is 1.86. The molecule has 0 unspecified atom stereocenters. The number of nitriles is 1. The lowest BCUT2D eigenvalue weighted by molar-refractivity contribution is 0.317. The van der Waals surface area contributed by atoms with Crippen molar-refractivity contribution in [2.75, 3.05) is 11.9 Å². The first kappa shape index (κ1) is 15.9. The van der Waals surface area contributed by atoms with Gasteiger partial charge in [-0.2, -0.15) is 5.26 Å². The molecule has 2 aromatic carbocycles. The van der Waals surface area contributed by atoms with Crippen LogP contribution in [-0.4, -0.2) is 6.61 Å². The van der Waals surface area contributed by atoms with Gasteiger partial charge in [-0.1, -0.05) is 36.7 Å². The lowest BCUT2D eigenvalue weighted by atomic mass is 10.2. The number of ether oxygens (including phenoxy) is 1. The average molecular weight is 313 g/mol. The minimum Gasteiger partial charge on any atom is -0.494 e. The molecule has 3 nitrogen and oxygen atoms in total. The molecule has 0 atom stereocenters. The van der Waals surface area contributed by atoms with Crippen molar-refractivity contribution in [2.45, 2.75) is 13.3 Å². The molecule has 0 aliphatic carbocycles. The summed E-state index contributed by atoms with van der Waals surface area (Å²) in [5.74, 6) is 0.834. The van der Waals surface area contributed by atoms with Crippen LogP contribution in [0, 0.1) is 11.3 Å². The summed E-state index contributed by atoms with van der Waals surface area (Å²) in [6, 6.07) is 17.0. The van der Waals surface area contributed by atoms with E-state index in [1.54, 1.807) is 18.2 Å². The Labute approximate surface area is 135 Å². The first-order valence-corrected chi connectivity index (χ1v) is 7.46. The number of hydrogen-bond acceptors (Lipinski definition) is 3. The molecule has 0 aliphatic heterocycles. The second kappa shape index (κ2) is 8.11. The van der Waals surface area contributed by atoms with Crippen LogP contribution in [0.4, 0.5) is 5.69 Å². The molecule has 0 bridgehead atoms. The van der Waals surface area contributed by atoms with Gasteiger partial charge in [-0.15, -0.1) is 0 Å². The molecule has 0 aliphatic rings. The number of rotatable bonds is 6. The van der Waals surface area contributed by atoms with Gasteiger partial charge in [0.25, 0.3) is 0 Å². The first-order valence-electron chi connectivity index (χ1n) is 7.08. The number of nitrogens with one attached hydrogen (secondary N) is 1. The van der Waals surface area contributed by atoms with E-state index in [0.717, 1.165) is 23.4 Å². The maximum Gasteiger partial charge on any atom is 0.119 e. The van der Waals surface area contributed by atoms with E-state index < -0.39 is 0 Å². The Kier molecular flexibility index (Phi) is 5.88. The van der Waals surface area contributed by atoms with E-state index in [0.29, 0.717) is 17.3 Å². The van der Waals surface area contributed by atoms with Gasteiger partial charge < -0.3 is 10.1 Å². The summed E-state index contributed by atoms with van der Waals surface area (Å²) >= 11 is 5.93. The van der Waals surface area contributed by atoms with Crippen LogP contribution in [0.1, 0.15) is 18.9 Å². The van der Waals surface area contributed by atoms with Gasteiger partial charge in [-0.25, -0.2) is 0 Å². The van der Waals surface area contributed by atoms with Crippen molar-refractivity contribution in [3.05, 3.63) is 64.8 Å². The second-order valence-electron chi connectivity index (χ2n) is 4.72. The van der Waals surface area contributed by atoms with Gasteiger partial charge in [-0.05, 0) is 48.4 Å². The van der Waals surface area contributed by atoms with Crippen LogP contribution in [-0.2, 0) is 0 Å². The van der Waals surface area contributed by atoms with Gasteiger partial charge in [0.15, 0.2) is 0 Å². The minimum atomic E-state index is 0.449. The Morgan fingerprint density at radius 1 is 1.27 bits per heavy atom. The number of benzene rings is 2. The summed E-state index contributed by atoms with van der Waals surface area (Å²) < 4.78 is 5.53. The fourth-order valence-corrected chi connectivity index (χ4v) is 2.06. The van der Waals surface area contributed by atoms with Crippen LogP contribution in [0.2, 0.25) is 5.02 Å². The number of anilines is 1. The Hall–Kier alpha value is -2.44. The SMILES string of the molecule is CCCOc1ccc(/C=C(\C#N)Nc2cccc(Cl)c2)cc1. The largest absolute Gasteiger partial charge is 0.494 e. The molecule has 0 amide bonds. The highest BCUT2D eigenvalue weighted by Crippen LogP contribution is 2.18. The standard InChI is InChI=1S/C18H17ClN2O/c1-2-10-22-18-8-6-14(7-9-18)11-17(13-20)21-16-5-3-4-15(19)12-16/h3-9,11-12,21H,2,10H2,1H3/b17-11+. The predicted molar refractivity (Wildman–Crippen MR) is 90.9 cm³/mol. The highest BCUT2D eigenvalue weighted by Gasteiger charge is 2.00. The second-order valence-corrected chi connectivity index (χ2v) is 5.16. The van der Waals surface area contributed by atoms with E-state index in [9.17, 15) is 5.26 Å². The third-order valence-corrected chi connectivity index (χ3v) is 3.12. The third kappa shape index (κ3) is 4.83. The molecule has 0 spiro atoms. The van der Waals surface area contributed by atoms with Crippen molar-refractivity contribution in [1.29, 1.82) is 5.26 Å². The van der Waals surface area contributed by atoms with Crippen molar-refractivity contribution in [3.63, 3.8) is 0 Å². The average Bonchev–Trinajstić information content (AvgIpc) is 2.53. The monoisotopic (exact) mass is 312 g/mol. The van der Waals surface area contributed by atoms with E-state index in [-0.39, 0.29) is 0 Å². The van der Waals surface area contributed by atoms with Crippen LogP contribution in [0.3, 0.4) is 0 Å². The molecule has 0 saturated carbocycles. The molecule has 112 valence electrons. The summed E-state index contributed by atoms with van der Waals surface area (Å²) in [5.41, 5.74) is 2.16. The smallest absolute Gasteiger partial charge is 0.119 e. The highest BCUT2D eigenvalue weighted by atomic mass is 35.5. The highest BCUT2D eigenvalue weighted by molar-refractivity contribution is 6.30. The summed E-state index contributed by atoms with van der Waals surface area (Å²) in [5, 5.41) is 12.9. The normalized spacial score (nSPS) is 10.9. The summed E-state index contributed by atoms with van der Waals surface area (Å²) in [6.45, 7) is 2.77. The molecule has 2 aromatic rings. The number of allylic oxidation sites excluding steroid dienone is 1. The Balaban J connectivity index is 2.10. The summed E-state index contributed by atoms with van der Waals surface area (Å²) in [4.78, 5) is 0. The summed E-state index contributed by atoms with van der Waals surface area (Å²) in [7, 11) is 0. The van der Waals surface area contributed by atoms with Gasteiger partial charge in [0.2, 0.25) is 0 Å². The lowest BCUT2D eigenvalue weighted by Crippen LogP contribution is -1.97. The fraction of sp³-hybridized carbons (Fsp3) is 0.167. The molecule has 0 radical (unpaired) electrons. The van der Waals surface area contributed by atoms with E-state index in [4.69, 9.17) is 16.3 Å². The molecule has 0 saturated heterocycles. The topological polar surface area (TPSA) is 45.0 Å². The maximum absolute atomic E-state index is 9.25. The van der Waals surface area contributed by atoms with Gasteiger partial charge in [-0.3, -0.25) is 0 Å². The van der Waals surface area contributed by atoms with Crippen LogP contribution in [0.25, 0.3) is 6.08 Å². The van der Waals surface area contributed by atoms with E-state index in [1.807, 2.05) is 36.4 Å². The number of hydrogen-bond donors (Lipinski definition) is 1. The van der Waals surface area contributed by atoms with Crippen molar-refractivity contribution in [2.24, 2.45) is 0 Å². The third-order valence-electron chi connectivity index (χ3n) is 2.89. The van der Waals surface area contributed by atoms with Crippen molar-refractivity contribution in [3.8, 4) is 11.8 Å². The molecule has 1 N–H and O–H groups in total. The number of halogens is 1. The molecule has 22 heavy (non-hydrogen) atoms. The molecule has 0 fully saturated rings. The van der Waals surface area contributed by atoms with Gasteiger partial charge in [0, 0.05) is 10.7 Å². The number of nitrogens with zero attached hydrogens (tertiary/aromatic N) is 1. The molecule has 0 heterocycles. The van der Waals surface area contributed by atoms with E-state index in [1.165, 1.54) is 0 Å². The first-order chi connectivity index (χ1) is 10.7.